The van der Waals surface area contributed by atoms with Gasteiger partial charge in [0.1, 0.15) is 5.75 Å². The minimum atomic E-state index is 0.591. The second-order valence-corrected chi connectivity index (χ2v) is 5.94. The van der Waals surface area contributed by atoms with E-state index in [0.717, 1.165) is 38.8 Å². The number of aromatic nitrogens is 2. The number of rotatable bonds is 4. The molecule has 0 spiro atoms. The Bertz CT molecular complexity index is 1050. The summed E-state index contributed by atoms with van der Waals surface area (Å²) in [6, 6.07) is 16.2. The van der Waals surface area contributed by atoms with Gasteiger partial charge in [0, 0.05) is 28.4 Å². The van der Waals surface area contributed by atoms with Crippen molar-refractivity contribution < 1.29 is 9.47 Å². The first-order valence-electron chi connectivity index (χ1n) is 8.40. The maximum absolute atomic E-state index is 5.85. The molecule has 0 aliphatic rings. The van der Waals surface area contributed by atoms with Crippen molar-refractivity contribution in [2.45, 2.75) is 13.8 Å². The number of pyridine rings is 1. The SMILES string of the molecule is CCOc1nc2ccccc2c2cn(-c3ccc(OC)cc3)c(C)c12. The van der Waals surface area contributed by atoms with Crippen LogP contribution >= 0.6 is 0 Å². The third kappa shape index (κ3) is 2.50. The minimum absolute atomic E-state index is 0.591. The second kappa shape index (κ2) is 6.13. The lowest BCUT2D eigenvalue weighted by molar-refractivity contribution is 0.332. The van der Waals surface area contributed by atoms with Crippen LogP contribution in [0.4, 0.5) is 0 Å². The van der Waals surface area contributed by atoms with E-state index in [4.69, 9.17) is 14.5 Å². The molecular formula is C21H20N2O2. The van der Waals surface area contributed by atoms with Crippen LogP contribution in [-0.4, -0.2) is 23.3 Å². The highest BCUT2D eigenvalue weighted by Crippen LogP contribution is 2.35. The molecule has 0 fully saturated rings. The van der Waals surface area contributed by atoms with Crippen LogP contribution < -0.4 is 9.47 Å². The van der Waals surface area contributed by atoms with Crippen LogP contribution in [0.3, 0.4) is 0 Å². The van der Waals surface area contributed by atoms with Gasteiger partial charge in [-0.25, -0.2) is 4.98 Å². The average molecular weight is 332 g/mol. The van der Waals surface area contributed by atoms with Crippen LogP contribution in [-0.2, 0) is 0 Å². The van der Waals surface area contributed by atoms with Crippen molar-refractivity contribution in [3.63, 3.8) is 0 Å². The zero-order valence-electron chi connectivity index (χ0n) is 14.6. The monoisotopic (exact) mass is 332 g/mol. The molecule has 4 aromatic rings. The lowest BCUT2D eigenvalue weighted by Gasteiger charge is -2.09. The molecule has 126 valence electrons. The van der Waals surface area contributed by atoms with Gasteiger partial charge in [0.15, 0.2) is 0 Å². The smallest absolute Gasteiger partial charge is 0.223 e. The van der Waals surface area contributed by atoms with Gasteiger partial charge in [0.2, 0.25) is 5.88 Å². The Morgan fingerprint density at radius 3 is 2.48 bits per heavy atom. The molecule has 4 rings (SSSR count). The van der Waals surface area contributed by atoms with Crippen molar-refractivity contribution in [1.29, 1.82) is 0 Å². The normalized spacial score (nSPS) is 11.2. The van der Waals surface area contributed by atoms with Crippen molar-refractivity contribution >= 4 is 21.7 Å². The van der Waals surface area contributed by atoms with Crippen molar-refractivity contribution in [2.75, 3.05) is 13.7 Å². The Labute approximate surface area is 146 Å². The van der Waals surface area contributed by atoms with Crippen LogP contribution in [0.1, 0.15) is 12.6 Å². The maximum atomic E-state index is 5.85. The molecule has 25 heavy (non-hydrogen) atoms. The van der Waals surface area contributed by atoms with Crippen LogP contribution in [0, 0.1) is 6.92 Å². The molecule has 2 aromatic heterocycles. The summed E-state index contributed by atoms with van der Waals surface area (Å²) in [4.78, 5) is 4.73. The van der Waals surface area contributed by atoms with E-state index in [0.29, 0.717) is 12.5 Å². The predicted molar refractivity (Wildman–Crippen MR) is 101 cm³/mol. The van der Waals surface area contributed by atoms with Crippen molar-refractivity contribution in [2.24, 2.45) is 0 Å². The number of methoxy groups -OCH3 is 1. The summed E-state index contributed by atoms with van der Waals surface area (Å²) < 4.78 is 13.3. The largest absolute Gasteiger partial charge is 0.497 e. The number of fused-ring (bicyclic) bond motifs is 3. The molecular weight excluding hydrogens is 312 g/mol. The van der Waals surface area contributed by atoms with Gasteiger partial charge in [-0.3, -0.25) is 0 Å². The standard InChI is InChI=1S/C21H20N2O2/c1-4-25-21-20-14(2)23(15-9-11-16(24-3)12-10-15)13-18(20)17-7-5-6-8-19(17)22-21/h5-13H,4H2,1-3H3. The van der Waals surface area contributed by atoms with E-state index in [1.54, 1.807) is 7.11 Å². The molecule has 4 heteroatoms. The molecule has 0 radical (unpaired) electrons. The van der Waals surface area contributed by atoms with E-state index < -0.39 is 0 Å². The van der Waals surface area contributed by atoms with E-state index in [-0.39, 0.29) is 0 Å². The van der Waals surface area contributed by atoms with Gasteiger partial charge < -0.3 is 14.0 Å². The fourth-order valence-corrected chi connectivity index (χ4v) is 3.30. The lowest BCUT2D eigenvalue weighted by atomic mass is 10.1. The second-order valence-electron chi connectivity index (χ2n) is 5.94. The van der Waals surface area contributed by atoms with E-state index in [9.17, 15) is 0 Å². The number of hydrogen-bond acceptors (Lipinski definition) is 3. The third-order valence-electron chi connectivity index (χ3n) is 4.51. The zero-order chi connectivity index (χ0) is 17.4. The number of benzene rings is 2. The number of para-hydroxylation sites is 1. The van der Waals surface area contributed by atoms with E-state index in [2.05, 4.69) is 35.9 Å². The van der Waals surface area contributed by atoms with Crippen LogP contribution in [0.15, 0.2) is 54.7 Å². The highest BCUT2D eigenvalue weighted by Gasteiger charge is 2.16. The van der Waals surface area contributed by atoms with Gasteiger partial charge in [-0.15, -0.1) is 0 Å². The van der Waals surface area contributed by atoms with Crippen LogP contribution in [0.5, 0.6) is 11.6 Å². The summed E-state index contributed by atoms with van der Waals surface area (Å²) in [6.07, 6.45) is 2.17. The van der Waals surface area contributed by atoms with E-state index in [1.165, 1.54) is 0 Å². The molecule has 0 bridgehead atoms. The summed E-state index contributed by atoms with van der Waals surface area (Å²) in [5.41, 5.74) is 3.15. The van der Waals surface area contributed by atoms with Gasteiger partial charge >= 0.3 is 0 Å². The summed E-state index contributed by atoms with van der Waals surface area (Å²) in [5, 5.41) is 3.36. The van der Waals surface area contributed by atoms with Crippen molar-refractivity contribution in [1.82, 2.24) is 9.55 Å². The highest BCUT2D eigenvalue weighted by atomic mass is 16.5. The van der Waals surface area contributed by atoms with Crippen LogP contribution in [0.2, 0.25) is 0 Å². The summed E-state index contributed by atoms with van der Waals surface area (Å²) in [7, 11) is 1.68. The zero-order valence-corrected chi connectivity index (χ0v) is 14.6. The van der Waals surface area contributed by atoms with Gasteiger partial charge in [0.05, 0.1) is 24.6 Å². The lowest BCUT2D eigenvalue weighted by Crippen LogP contribution is -1.97. The van der Waals surface area contributed by atoms with Gasteiger partial charge in [0.25, 0.3) is 0 Å². The quantitative estimate of drug-likeness (QED) is 0.533. The molecule has 0 saturated carbocycles. The molecule has 0 amide bonds. The molecule has 2 heterocycles. The van der Waals surface area contributed by atoms with Gasteiger partial charge in [-0.1, -0.05) is 18.2 Å². The molecule has 0 N–H and O–H groups in total. The van der Waals surface area contributed by atoms with Gasteiger partial charge in [-0.2, -0.15) is 0 Å². The molecule has 0 unspecified atom stereocenters. The highest BCUT2D eigenvalue weighted by molar-refractivity contribution is 6.09. The van der Waals surface area contributed by atoms with E-state index >= 15 is 0 Å². The third-order valence-corrected chi connectivity index (χ3v) is 4.51. The summed E-state index contributed by atoms with van der Waals surface area (Å²) in [5.74, 6) is 1.54. The first-order chi connectivity index (χ1) is 12.2. The number of nitrogens with zero attached hydrogens (tertiary/aromatic N) is 2. The molecule has 0 aliphatic heterocycles. The topological polar surface area (TPSA) is 36.3 Å². The average Bonchev–Trinajstić information content (AvgIpc) is 3.00. The Hall–Kier alpha value is -3.01. The Kier molecular flexibility index (Phi) is 3.80. The first-order valence-corrected chi connectivity index (χ1v) is 8.40. The maximum Gasteiger partial charge on any atom is 0.223 e. The molecule has 2 aromatic carbocycles. The predicted octanol–water partition coefficient (Wildman–Crippen LogP) is 4.89. The van der Waals surface area contributed by atoms with Crippen LogP contribution in [0.25, 0.3) is 27.4 Å². The van der Waals surface area contributed by atoms with Crippen molar-refractivity contribution in [3.8, 4) is 17.3 Å². The molecule has 0 atom stereocenters. The van der Waals surface area contributed by atoms with Crippen molar-refractivity contribution in [3.05, 3.63) is 60.4 Å². The summed E-state index contributed by atoms with van der Waals surface area (Å²) >= 11 is 0. The molecule has 0 saturated heterocycles. The first kappa shape index (κ1) is 15.5. The molecule has 4 nitrogen and oxygen atoms in total. The molecule has 0 aliphatic carbocycles. The fraction of sp³-hybridized carbons (Fsp3) is 0.190. The Morgan fingerprint density at radius 1 is 1.00 bits per heavy atom. The number of aryl methyl sites for hydroxylation is 1. The Morgan fingerprint density at radius 2 is 1.76 bits per heavy atom. The fourth-order valence-electron chi connectivity index (χ4n) is 3.30. The number of ether oxygens (including phenoxy) is 2. The number of hydrogen-bond donors (Lipinski definition) is 0. The summed E-state index contributed by atoms with van der Waals surface area (Å²) in [6.45, 7) is 4.68. The minimum Gasteiger partial charge on any atom is -0.497 e. The van der Waals surface area contributed by atoms with E-state index in [1.807, 2.05) is 37.3 Å². The Balaban J connectivity index is 2.02. The van der Waals surface area contributed by atoms with Gasteiger partial charge in [-0.05, 0) is 44.2 Å².